The fraction of sp³-hybridized carbons (Fsp3) is 0.636. The van der Waals surface area contributed by atoms with Gasteiger partial charge >= 0.3 is 0 Å². The highest BCUT2D eigenvalue weighted by molar-refractivity contribution is 5.94. The van der Waals surface area contributed by atoms with E-state index < -0.39 is 0 Å². The second-order valence-electron chi connectivity index (χ2n) is 7.88. The van der Waals surface area contributed by atoms with Crippen molar-refractivity contribution in [2.24, 2.45) is 10.4 Å². The van der Waals surface area contributed by atoms with Gasteiger partial charge in [0.1, 0.15) is 5.75 Å². The van der Waals surface area contributed by atoms with E-state index in [4.69, 9.17) is 4.74 Å². The van der Waals surface area contributed by atoms with Crippen LogP contribution in [0.3, 0.4) is 0 Å². The zero-order chi connectivity index (χ0) is 20.7. The Morgan fingerprint density at radius 2 is 1.93 bits per heavy atom. The molecule has 2 aliphatic carbocycles. The lowest BCUT2D eigenvalue weighted by molar-refractivity contribution is -0.125. The minimum atomic E-state index is -0.165. The van der Waals surface area contributed by atoms with Crippen LogP contribution in [0.1, 0.15) is 56.3 Å². The van der Waals surface area contributed by atoms with E-state index in [-0.39, 0.29) is 17.1 Å². The van der Waals surface area contributed by atoms with Gasteiger partial charge in [-0.15, -0.1) is 0 Å². The molecule has 0 bridgehead atoms. The van der Waals surface area contributed by atoms with Crippen LogP contribution in [-0.2, 0) is 4.74 Å². The standard InChI is InChI=1S/C22H34N4O3/c1-3-23-21(25-14-13-24-20(28)16-7-9-17(27)10-8-16)26-18-15-19(29-4-2)22(18)11-5-6-12-22/h7-10,18-19,27H,3-6,11-15H2,1-2H3,(H,24,28)(H2,23,25,26). The average Bonchev–Trinajstić information content (AvgIpc) is 3.24. The molecule has 0 saturated heterocycles. The van der Waals surface area contributed by atoms with Crippen LogP contribution in [0.2, 0.25) is 0 Å². The molecule has 7 heteroatoms. The van der Waals surface area contributed by atoms with E-state index in [0.717, 1.165) is 25.5 Å². The summed E-state index contributed by atoms with van der Waals surface area (Å²) in [6.07, 6.45) is 6.38. The number of hydrogen-bond donors (Lipinski definition) is 4. The first-order chi connectivity index (χ1) is 14.1. The number of hydrogen-bond acceptors (Lipinski definition) is 4. The number of benzene rings is 1. The van der Waals surface area contributed by atoms with Crippen molar-refractivity contribution < 1.29 is 14.6 Å². The first-order valence-corrected chi connectivity index (χ1v) is 10.8. The number of phenols is 1. The molecule has 160 valence electrons. The molecule has 7 nitrogen and oxygen atoms in total. The molecule has 29 heavy (non-hydrogen) atoms. The Hall–Kier alpha value is -2.28. The fourth-order valence-electron chi connectivity index (χ4n) is 4.63. The summed E-state index contributed by atoms with van der Waals surface area (Å²) in [5, 5.41) is 19.1. The molecule has 0 radical (unpaired) electrons. The van der Waals surface area contributed by atoms with Crippen LogP contribution in [0, 0.1) is 5.41 Å². The van der Waals surface area contributed by atoms with E-state index in [9.17, 15) is 9.90 Å². The highest BCUT2D eigenvalue weighted by Gasteiger charge is 2.56. The largest absolute Gasteiger partial charge is 0.508 e. The van der Waals surface area contributed by atoms with Crippen LogP contribution in [0.25, 0.3) is 0 Å². The zero-order valence-corrected chi connectivity index (χ0v) is 17.5. The van der Waals surface area contributed by atoms with Crippen molar-refractivity contribution in [2.75, 3.05) is 26.2 Å². The number of aliphatic imine (C=N–C) groups is 1. The summed E-state index contributed by atoms with van der Waals surface area (Å²) >= 11 is 0. The van der Waals surface area contributed by atoms with Crippen molar-refractivity contribution in [1.82, 2.24) is 16.0 Å². The van der Waals surface area contributed by atoms with Gasteiger partial charge < -0.3 is 25.8 Å². The summed E-state index contributed by atoms with van der Waals surface area (Å²) in [6.45, 7) is 6.63. The third-order valence-electron chi connectivity index (χ3n) is 6.14. The minimum absolute atomic E-state index is 0.148. The molecule has 1 amide bonds. The molecule has 0 aliphatic heterocycles. The van der Waals surface area contributed by atoms with Gasteiger partial charge in [-0.1, -0.05) is 12.8 Å². The molecule has 1 aromatic rings. The summed E-state index contributed by atoms with van der Waals surface area (Å²) in [4.78, 5) is 16.8. The van der Waals surface area contributed by atoms with Crippen LogP contribution in [-0.4, -0.2) is 55.4 Å². The second-order valence-corrected chi connectivity index (χ2v) is 7.88. The lowest BCUT2D eigenvalue weighted by Gasteiger charge is -2.54. The van der Waals surface area contributed by atoms with Gasteiger partial charge in [0, 0.05) is 36.7 Å². The number of nitrogens with zero attached hydrogens (tertiary/aromatic N) is 1. The number of carbonyl (C=O) groups is 1. The van der Waals surface area contributed by atoms with Gasteiger partial charge in [-0.05, 0) is 57.4 Å². The van der Waals surface area contributed by atoms with Crippen molar-refractivity contribution in [3.05, 3.63) is 29.8 Å². The van der Waals surface area contributed by atoms with Gasteiger partial charge in [0.05, 0.1) is 12.6 Å². The van der Waals surface area contributed by atoms with E-state index in [1.54, 1.807) is 12.1 Å². The summed E-state index contributed by atoms with van der Waals surface area (Å²) < 4.78 is 6.00. The van der Waals surface area contributed by atoms with E-state index in [0.29, 0.717) is 30.8 Å². The molecule has 0 heterocycles. The Labute approximate surface area is 173 Å². The van der Waals surface area contributed by atoms with Gasteiger partial charge in [0.15, 0.2) is 5.96 Å². The average molecular weight is 403 g/mol. The van der Waals surface area contributed by atoms with E-state index >= 15 is 0 Å². The molecular formula is C22H34N4O3. The number of ether oxygens (including phenoxy) is 1. The molecule has 2 unspecified atom stereocenters. The maximum atomic E-state index is 12.1. The summed E-state index contributed by atoms with van der Waals surface area (Å²) in [5.74, 6) is 0.786. The van der Waals surface area contributed by atoms with Crippen LogP contribution >= 0.6 is 0 Å². The maximum Gasteiger partial charge on any atom is 0.251 e. The van der Waals surface area contributed by atoms with E-state index in [1.807, 2.05) is 0 Å². The Morgan fingerprint density at radius 1 is 1.21 bits per heavy atom. The summed E-state index contributed by atoms with van der Waals surface area (Å²) in [7, 11) is 0. The Kier molecular flexibility index (Phi) is 7.36. The molecule has 0 aromatic heterocycles. The molecule has 4 N–H and O–H groups in total. The first kappa shape index (κ1) is 21.4. The predicted octanol–water partition coefficient (Wildman–Crippen LogP) is 2.41. The van der Waals surface area contributed by atoms with E-state index in [1.165, 1.54) is 37.8 Å². The number of aromatic hydroxyl groups is 1. The van der Waals surface area contributed by atoms with Crippen molar-refractivity contribution in [2.45, 2.75) is 58.1 Å². The third kappa shape index (κ3) is 5.01. The van der Waals surface area contributed by atoms with Gasteiger partial charge in [0.25, 0.3) is 5.91 Å². The van der Waals surface area contributed by atoms with Crippen LogP contribution in [0.5, 0.6) is 5.75 Å². The van der Waals surface area contributed by atoms with Crippen molar-refractivity contribution in [3.63, 3.8) is 0 Å². The molecular weight excluding hydrogens is 368 g/mol. The Balaban J connectivity index is 1.51. The quantitative estimate of drug-likeness (QED) is 0.304. The maximum absolute atomic E-state index is 12.1. The van der Waals surface area contributed by atoms with Crippen molar-refractivity contribution in [3.8, 4) is 5.75 Å². The molecule has 3 rings (SSSR count). The smallest absolute Gasteiger partial charge is 0.251 e. The van der Waals surface area contributed by atoms with Crippen LogP contribution < -0.4 is 16.0 Å². The number of phenolic OH excluding ortho intramolecular Hbond substituents is 1. The molecule has 2 saturated carbocycles. The number of carbonyl (C=O) groups excluding carboxylic acids is 1. The number of nitrogens with one attached hydrogen (secondary N) is 3. The first-order valence-electron chi connectivity index (χ1n) is 10.8. The fourth-order valence-corrected chi connectivity index (χ4v) is 4.63. The van der Waals surface area contributed by atoms with Gasteiger partial charge in [0.2, 0.25) is 0 Å². The lowest BCUT2D eigenvalue weighted by atomic mass is 9.60. The second kappa shape index (κ2) is 9.96. The van der Waals surface area contributed by atoms with E-state index in [2.05, 4.69) is 34.8 Å². The van der Waals surface area contributed by atoms with Gasteiger partial charge in [-0.25, -0.2) is 0 Å². The number of guanidine groups is 1. The lowest BCUT2D eigenvalue weighted by Crippen LogP contribution is -2.65. The highest BCUT2D eigenvalue weighted by Crippen LogP contribution is 2.54. The highest BCUT2D eigenvalue weighted by atomic mass is 16.5. The van der Waals surface area contributed by atoms with Crippen molar-refractivity contribution >= 4 is 11.9 Å². The minimum Gasteiger partial charge on any atom is -0.508 e. The molecule has 1 spiro atoms. The monoisotopic (exact) mass is 402 g/mol. The van der Waals surface area contributed by atoms with Crippen LogP contribution in [0.15, 0.2) is 29.3 Å². The SMILES string of the molecule is CCNC(=NCCNC(=O)c1ccc(O)cc1)NC1CC(OCC)C12CCCC2. The summed E-state index contributed by atoms with van der Waals surface area (Å²) in [6, 6.07) is 6.62. The Bertz CT molecular complexity index is 699. The number of rotatable bonds is 8. The number of amides is 1. The van der Waals surface area contributed by atoms with Crippen LogP contribution in [0.4, 0.5) is 0 Å². The molecule has 2 fully saturated rings. The zero-order valence-electron chi connectivity index (χ0n) is 17.5. The molecule has 2 atom stereocenters. The summed E-state index contributed by atoms with van der Waals surface area (Å²) in [5.41, 5.74) is 0.774. The van der Waals surface area contributed by atoms with Gasteiger partial charge in [-0.2, -0.15) is 0 Å². The molecule has 2 aliphatic rings. The normalized spacial score (nSPS) is 22.9. The van der Waals surface area contributed by atoms with Crippen molar-refractivity contribution in [1.29, 1.82) is 0 Å². The third-order valence-corrected chi connectivity index (χ3v) is 6.14. The van der Waals surface area contributed by atoms with Gasteiger partial charge in [-0.3, -0.25) is 9.79 Å². The molecule has 1 aromatic carbocycles. The predicted molar refractivity (Wildman–Crippen MR) is 114 cm³/mol. The topological polar surface area (TPSA) is 95.0 Å². The Morgan fingerprint density at radius 3 is 2.59 bits per heavy atom.